The highest BCUT2D eigenvalue weighted by Gasteiger charge is 2.03. The first-order valence-corrected chi connectivity index (χ1v) is 3.18. The largest absolute Gasteiger partial charge is 0.497 e. The molecule has 12 heavy (non-hydrogen) atoms. The molecule has 0 atom stereocenters. The average Bonchev–Trinajstić information content (AvgIpc) is 2.27. The topological polar surface area (TPSA) is 35.5 Å². The van der Waals surface area contributed by atoms with Gasteiger partial charge in [0, 0.05) is 0 Å². The fourth-order valence-electron chi connectivity index (χ4n) is 0.607. The number of benzene rings is 1. The molecule has 0 spiro atoms. The van der Waals surface area contributed by atoms with Crippen LogP contribution in [0.25, 0.3) is 0 Å². The first-order valence-electron chi connectivity index (χ1n) is 5.18. The summed E-state index contributed by atoms with van der Waals surface area (Å²) in [5.41, 5.74) is -0.390. The van der Waals surface area contributed by atoms with E-state index in [1.54, 1.807) is 0 Å². The van der Waals surface area contributed by atoms with Gasteiger partial charge in [0.25, 0.3) is 0 Å². The number of hydrogen-bond acceptors (Lipinski definition) is 3. The maximum Gasteiger partial charge on any atom is 0.337 e. The van der Waals surface area contributed by atoms with Gasteiger partial charge in [0.2, 0.25) is 0 Å². The molecule has 0 bridgehead atoms. The second kappa shape index (κ2) is 3.76. The molecule has 3 heteroatoms. The van der Waals surface area contributed by atoms with Crippen LogP contribution in [-0.4, -0.2) is 20.2 Å². The van der Waals surface area contributed by atoms with Gasteiger partial charge >= 0.3 is 5.97 Å². The van der Waals surface area contributed by atoms with E-state index in [2.05, 4.69) is 4.74 Å². The van der Waals surface area contributed by atoms with Crippen molar-refractivity contribution in [2.75, 3.05) is 14.2 Å². The lowest BCUT2D eigenvalue weighted by atomic mass is 10.2. The Bertz CT molecular complexity index is 416. The Morgan fingerprint density at radius 2 is 1.92 bits per heavy atom. The maximum atomic E-state index is 11.3. The summed E-state index contributed by atoms with van der Waals surface area (Å²) < 4.78 is 39.2. The molecule has 0 aliphatic rings. The summed E-state index contributed by atoms with van der Waals surface area (Å²) in [6, 6.07) is -1.73. The number of ether oxygens (including phenoxy) is 2. The third-order valence-corrected chi connectivity index (χ3v) is 1.20. The monoisotopic (exact) mass is 170 g/mol. The second-order valence-corrected chi connectivity index (χ2v) is 1.90. The number of hydrogen-bond donors (Lipinski definition) is 0. The van der Waals surface area contributed by atoms with Crippen LogP contribution in [0.5, 0.6) is 5.75 Å². The van der Waals surface area contributed by atoms with Crippen molar-refractivity contribution >= 4 is 5.97 Å². The molecule has 1 rings (SSSR count). The van der Waals surface area contributed by atoms with Gasteiger partial charge in [-0.3, -0.25) is 0 Å². The van der Waals surface area contributed by atoms with Crippen molar-refractivity contribution < 1.29 is 19.8 Å². The van der Waals surface area contributed by atoms with E-state index in [1.807, 2.05) is 0 Å². The molecular formula is C9H10O3. The highest BCUT2D eigenvalue weighted by atomic mass is 16.5. The minimum atomic E-state index is -0.903. The van der Waals surface area contributed by atoms with Crippen LogP contribution >= 0.6 is 0 Å². The molecule has 0 aromatic heterocycles. The molecule has 1 aromatic rings. The molecular weight excluding hydrogens is 156 g/mol. The minimum absolute atomic E-state index is 0.192. The molecule has 0 saturated heterocycles. The molecule has 1 aromatic carbocycles. The van der Waals surface area contributed by atoms with Gasteiger partial charge in [0.1, 0.15) is 5.75 Å². The fourth-order valence-corrected chi connectivity index (χ4v) is 0.607. The SMILES string of the molecule is [2H]c1c([2H])c(C(=O)OC)c([2H])c([2H])c1OC. The Labute approximate surface area is 76.5 Å². The van der Waals surface area contributed by atoms with Crippen molar-refractivity contribution in [3.8, 4) is 5.75 Å². The lowest BCUT2D eigenvalue weighted by molar-refractivity contribution is 0.0600. The molecule has 0 aliphatic heterocycles. The lowest BCUT2D eigenvalue weighted by Crippen LogP contribution is -2.00. The van der Waals surface area contributed by atoms with Gasteiger partial charge in [-0.05, 0) is 24.2 Å². The third kappa shape index (κ3) is 1.75. The van der Waals surface area contributed by atoms with Gasteiger partial charge in [0.05, 0.1) is 25.3 Å². The molecule has 0 heterocycles. The number of rotatable bonds is 2. The zero-order chi connectivity index (χ0) is 12.5. The molecule has 3 nitrogen and oxygen atoms in total. The minimum Gasteiger partial charge on any atom is -0.497 e. The van der Waals surface area contributed by atoms with E-state index in [0.29, 0.717) is 0 Å². The molecule has 0 amide bonds. The Balaban J connectivity index is 3.60. The Morgan fingerprint density at radius 3 is 2.33 bits per heavy atom. The smallest absolute Gasteiger partial charge is 0.337 e. The molecule has 0 fully saturated rings. The van der Waals surface area contributed by atoms with Crippen LogP contribution in [0.1, 0.15) is 15.8 Å². The molecule has 0 N–H and O–H groups in total. The van der Waals surface area contributed by atoms with Crippen molar-refractivity contribution in [1.82, 2.24) is 0 Å². The summed E-state index contributed by atoms with van der Waals surface area (Å²) in [5, 5.41) is 0. The standard InChI is InChI=1S/C9H10O3/c1-11-8-5-3-7(4-6-8)9(10)12-2/h3-6H,1-2H3/i3D,4D,5D,6D. The highest BCUT2D eigenvalue weighted by Crippen LogP contribution is 2.11. The van der Waals surface area contributed by atoms with Crippen LogP contribution in [0.4, 0.5) is 0 Å². The van der Waals surface area contributed by atoms with Crippen molar-refractivity contribution in [1.29, 1.82) is 0 Å². The normalized spacial score (nSPS) is 13.8. The summed E-state index contributed by atoms with van der Waals surface area (Å²) in [6.07, 6.45) is 0. The van der Waals surface area contributed by atoms with Crippen LogP contribution in [-0.2, 0) is 4.74 Å². The molecule has 0 aliphatic carbocycles. The van der Waals surface area contributed by atoms with Crippen molar-refractivity contribution in [3.63, 3.8) is 0 Å². The fraction of sp³-hybridized carbons (Fsp3) is 0.222. The maximum absolute atomic E-state index is 11.3. The van der Waals surface area contributed by atoms with Gasteiger partial charge < -0.3 is 9.47 Å². The first kappa shape index (κ1) is 4.50. The van der Waals surface area contributed by atoms with Crippen molar-refractivity contribution in [3.05, 3.63) is 29.7 Å². The molecule has 64 valence electrons. The Morgan fingerprint density at radius 1 is 1.33 bits per heavy atom. The molecule has 0 unspecified atom stereocenters. The van der Waals surface area contributed by atoms with Gasteiger partial charge in [-0.25, -0.2) is 4.79 Å². The first-order chi connectivity index (χ1) is 7.45. The van der Waals surface area contributed by atoms with Crippen LogP contribution in [0, 0.1) is 0 Å². The van der Waals surface area contributed by atoms with Crippen LogP contribution in [0.2, 0.25) is 0 Å². The molecule has 0 saturated carbocycles. The van der Waals surface area contributed by atoms with Gasteiger partial charge in [-0.1, -0.05) is 0 Å². The van der Waals surface area contributed by atoms with E-state index < -0.39 is 35.7 Å². The number of esters is 1. The van der Waals surface area contributed by atoms with Crippen LogP contribution < -0.4 is 4.74 Å². The summed E-state index contributed by atoms with van der Waals surface area (Å²) in [7, 11) is 2.35. The van der Waals surface area contributed by atoms with E-state index in [0.717, 1.165) is 7.11 Å². The summed E-state index contributed by atoms with van der Waals surface area (Å²) >= 11 is 0. The van der Waals surface area contributed by atoms with Crippen LogP contribution in [0.15, 0.2) is 24.2 Å². The number of carbonyl (C=O) groups is 1. The van der Waals surface area contributed by atoms with Gasteiger partial charge in [0.15, 0.2) is 0 Å². The predicted octanol–water partition coefficient (Wildman–Crippen LogP) is 1.48. The second-order valence-electron chi connectivity index (χ2n) is 1.90. The zero-order valence-electron chi connectivity index (χ0n) is 10.7. The van der Waals surface area contributed by atoms with Crippen molar-refractivity contribution in [2.45, 2.75) is 0 Å². The zero-order valence-corrected chi connectivity index (χ0v) is 6.72. The number of methoxy groups -OCH3 is 2. The van der Waals surface area contributed by atoms with Gasteiger partial charge in [-0.15, -0.1) is 0 Å². The van der Waals surface area contributed by atoms with E-state index in [4.69, 9.17) is 10.2 Å². The van der Waals surface area contributed by atoms with Crippen LogP contribution in [0.3, 0.4) is 0 Å². The van der Waals surface area contributed by atoms with E-state index >= 15 is 0 Å². The van der Waals surface area contributed by atoms with E-state index in [-0.39, 0.29) is 5.75 Å². The van der Waals surface area contributed by atoms with E-state index in [1.165, 1.54) is 7.11 Å². The van der Waals surface area contributed by atoms with Gasteiger partial charge in [-0.2, -0.15) is 0 Å². The highest BCUT2D eigenvalue weighted by molar-refractivity contribution is 5.89. The summed E-state index contributed by atoms with van der Waals surface area (Å²) in [6.45, 7) is 0. The average molecular weight is 170 g/mol. The quantitative estimate of drug-likeness (QED) is 0.631. The summed E-state index contributed by atoms with van der Waals surface area (Å²) in [4.78, 5) is 11.3. The van der Waals surface area contributed by atoms with Crippen molar-refractivity contribution in [2.24, 2.45) is 0 Å². The lowest BCUT2D eigenvalue weighted by Gasteiger charge is -2.00. The van der Waals surface area contributed by atoms with E-state index in [9.17, 15) is 4.79 Å². The third-order valence-electron chi connectivity index (χ3n) is 1.20. The number of carbonyl (C=O) groups excluding carboxylic acids is 1. The Hall–Kier alpha value is -1.51. The predicted molar refractivity (Wildman–Crippen MR) is 44.3 cm³/mol. The molecule has 0 radical (unpaired) electrons. The Kier molecular flexibility index (Phi) is 1.41. The summed E-state index contributed by atoms with van der Waals surface area (Å²) in [5.74, 6) is -1.10.